The first-order valence-electron chi connectivity index (χ1n) is 14.5. The lowest BCUT2D eigenvalue weighted by atomic mass is 10.0. The van der Waals surface area contributed by atoms with Gasteiger partial charge in [0.2, 0.25) is 0 Å². The fourth-order valence-electron chi connectivity index (χ4n) is 6.42. The van der Waals surface area contributed by atoms with Gasteiger partial charge in [0.1, 0.15) is 22.3 Å². The molecule has 2 aromatic heterocycles. The number of hydrogen-bond acceptors (Lipinski definition) is 3. The third-order valence-electron chi connectivity index (χ3n) is 8.41. The summed E-state index contributed by atoms with van der Waals surface area (Å²) >= 11 is 0. The average Bonchev–Trinajstić information content (AvgIpc) is 3.62. The van der Waals surface area contributed by atoms with Crippen molar-refractivity contribution in [2.75, 3.05) is 4.90 Å². The highest BCUT2D eigenvalue weighted by Gasteiger charge is 2.21. The Morgan fingerprint density at radius 1 is 0.372 bits per heavy atom. The highest BCUT2D eigenvalue weighted by Crippen LogP contribution is 2.45. The number of benzene rings is 7. The smallest absolute Gasteiger partial charge is 0.137 e. The predicted octanol–water partition coefficient (Wildman–Crippen LogP) is 11.8. The Bertz CT molecular complexity index is 2470. The third kappa shape index (κ3) is 3.83. The van der Waals surface area contributed by atoms with Crippen molar-refractivity contribution in [2.45, 2.75) is 0 Å². The van der Waals surface area contributed by atoms with Crippen LogP contribution >= 0.6 is 0 Å². The van der Waals surface area contributed by atoms with Gasteiger partial charge in [-0.2, -0.15) is 0 Å². The lowest BCUT2D eigenvalue weighted by Gasteiger charge is -2.26. The second-order valence-corrected chi connectivity index (χ2v) is 11.0. The van der Waals surface area contributed by atoms with E-state index in [4.69, 9.17) is 8.83 Å². The Labute approximate surface area is 247 Å². The van der Waals surface area contributed by atoms with Gasteiger partial charge in [-0.15, -0.1) is 0 Å². The summed E-state index contributed by atoms with van der Waals surface area (Å²) in [4.78, 5) is 2.32. The van der Waals surface area contributed by atoms with E-state index in [-0.39, 0.29) is 0 Å². The van der Waals surface area contributed by atoms with Gasteiger partial charge in [0.15, 0.2) is 0 Å². The first-order valence-corrected chi connectivity index (χ1v) is 14.5. The molecule has 43 heavy (non-hydrogen) atoms. The molecule has 0 saturated heterocycles. The van der Waals surface area contributed by atoms with Gasteiger partial charge >= 0.3 is 0 Å². The van der Waals surface area contributed by atoms with Gasteiger partial charge in [0.25, 0.3) is 0 Å². The third-order valence-corrected chi connectivity index (χ3v) is 8.41. The van der Waals surface area contributed by atoms with E-state index in [1.54, 1.807) is 0 Å². The molecule has 0 aliphatic rings. The zero-order valence-electron chi connectivity index (χ0n) is 23.2. The van der Waals surface area contributed by atoms with Crippen molar-refractivity contribution in [1.82, 2.24) is 0 Å². The molecule has 0 radical (unpaired) electrons. The number of fused-ring (bicyclic) bond motifs is 7. The molecule has 3 heteroatoms. The molecule has 0 bridgehead atoms. The molecule has 2 heterocycles. The molecule has 3 nitrogen and oxygen atoms in total. The summed E-state index contributed by atoms with van der Waals surface area (Å²) in [5.41, 5.74) is 8.94. The van der Waals surface area contributed by atoms with E-state index in [1.807, 2.05) is 12.1 Å². The summed E-state index contributed by atoms with van der Waals surface area (Å²) in [6, 6.07) is 53.1. The second-order valence-electron chi connectivity index (χ2n) is 11.0. The summed E-state index contributed by atoms with van der Waals surface area (Å²) < 4.78 is 12.8. The van der Waals surface area contributed by atoms with E-state index in [0.29, 0.717) is 0 Å². The molecule has 0 N–H and O–H groups in total. The van der Waals surface area contributed by atoms with Crippen molar-refractivity contribution >= 4 is 71.7 Å². The lowest BCUT2D eigenvalue weighted by Crippen LogP contribution is -2.10. The monoisotopic (exact) mass is 551 g/mol. The molecule has 7 aromatic carbocycles. The van der Waals surface area contributed by atoms with Gasteiger partial charge in [-0.05, 0) is 76.5 Å². The molecule has 0 aliphatic carbocycles. The Kier molecular flexibility index (Phi) is 5.20. The molecule has 0 fully saturated rings. The van der Waals surface area contributed by atoms with Crippen LogP contribution in [0.15, 0.2) is 160 Å². The van der Waals surface area contributed by atoms with Crippen LogP contribution in [0.25, 0.3) is 65.8 Å². The summed E-state index contributed by atoms with van der Waals surface area (Å²) in [5, 5.41) is 6.76. The molecular formula is C40H25NO2. The molecule has 202 valence electrons. The minimum Gasteiger partial charge on any atom is -0.456 e. The summed E-state index contributed by atoms with van der Waals surface area (Å²) in [6.45, 7) is 0. The lowest BCUT2D eigenvalue weighted by molar-refractivity contribution is 0.669. The van der Waals surface area contributed by atoms with Crippen LogP contribution < -0.4 is 4.90 Å². The van der Waals surface area contributed by atoms with E-state index >= 15 is 0 Å². The van der Waals surface area contributed by atoms with Gasteiger partial charge in [-0.3, -0.25) is 0 Å². The number of anilines is 3. The largest absolute Gasteiger partial charge is 0.456 e. The van der Waals surface area contributed by atoms with Gasteiger partial charge in [0, 0.05) is 33.6 Å². The van der Waals surface area contributed by atoms with Gasteiger partial charge in [0.05, 0.1) is 11.1 Å². The molecule has 9 aromatic rings. The molecular weight excluding hydrogens is 526 g/mol. The van der Waals surface area contributed by atoms with Crippen LogP contribution in [0.2, 0.25) is 0 Å². The van der Waals surface area contributed by atoms with Crippen molar-refractivity contribution in [3.05, 3.63) is 152 Å². The Hall–Kier alpha value is -5.80. The number of nitrogens with zero attached hydrogens (tertiary/aromatic N) is 1. The standard InChI is InChI=1S/C40H25NO2/c1-2-10-26(11-3-1)27-14-8-15-30(22-27)41(31-20-21-33-32-16-6-7-18-36(32)42-39(33)25-31)35-17-9-19-37-40(35)34-23-28-12-4-5-13-29(28)24-38(34)43-37/h1-25H. The fourth-order valence-corrected chi connectivity index (χ4v) is 6.42. The summed E-state index contributed by atoms with van der Waals surface area (Å²) in [7, 11) is 0. The predicted molar refractivity (Wildman–Crippen MR) is 179 cm³/mol. The summed E-state index contributed by atoms with van der Waals surface area (Å²) in [5.74, 6) is 0. The molecule has 0 amide bonds. The maximum absolute atomic E-state index is 6.48. The Morgan fingerprint density at radius 3 is 1.93 bits per heavy atom. The maximum atomic E-state index is 6.48. The van der Waals surface area contributed by atoms with Crippen LogP contribution in [-0.4, -0.2) is 0 Å². The number of rotatable bonds is 4. The van der Waals surface area contributed by atoms with Crippen LogP contribution in [0.5, 0.6) is 0 Å². The number of hydrogen-bond donors (Lipinski definition) is 0. The van der Waals surface area contributed by atoms with E-state index in [2.05, 4.69) is 144 Å². The SMILES string of the molecule is c1ccc(-c2cccc(N(c3ccc4c(c3)oc3ccccc34)c3cccc4oc5cc6ccccc6cc5c34)c2)cc1. The van der Waals surface area contributed by atoms with Crippen molar-refractivity contribution in [3.8, 4) is 11.1 Å². The zero-order chi connectivity index (χ0) is 28.3. The van der Waals surface area contributed by atoms with Crippen LogP contribution in [0.3, 0.4) is 0 Å². The first-order chi connectivity index (χ1) is 21.3. The van der Waals surface area contributed by atoms with Crippen molar-refractivity contribution in [2.24, 2.45) is 0 Å². The topological polar surface area (TPSA) is 29.5 Å². The highest BCUT2D eigenvalue weighted by molar-refractivity contribution is 6.16. The molecule has 9 rings (SSSR count). The van der Waals surface area contributed by atoms with E-state index in [1.165, 1.54) is 16.3 Å². The van der Waals surface area contributed by atoms with Crippen LogP contribution in [0, 0.1) is 0 Å². The minimum atomic E-state index is 0.858. The van der Waals surface area contributed by atoms with Crippen LogP contribution in [0.1, 0.15) is 0 Å². The van der Waals surface area contributed by atoms with Crippen molar-refractivity contribution in [1.29, 1.82) is 0 Å². The van der Waals surface area contributed by atoms with Crippen LogP contribution in [0.4, 0.5) is 17.1 Å². The van der Waals surface area contributed by atoms with Crippen LogP contribution in [-0.2, 0) is 0 Å². The van der Waals surface area contributed by atoms with E-state index in [9.17, 15) is 0 Å². The van der Waals surface area contributed by atoms with E-state index < -0.39 is 0 Å². The van der Waals surface area contributed by atoms with Crippen molar-refractivity contribution in [3.63, 3.8) is 0 Å². The maximum Gasteiger partial charge on any atom is 0.137 e. The van der Waals surface area contributed by atoms with Gasteiger partial charge in [-0.25, -0.2) is 0 Å². The Morgan fingerprint density at radius 2 is 1.02 bits per heavy atom. The first kappa shape index (κ1) is 23.9. The number of furan rings is 2. The molecule has 0 saturated carbocycles. The summed E-state index contributed by atoms with van der Waals surface area (Å²) in [6.07, 6.45) is 0. The molecule has 0 spiro atoms. The highest BCUT2D eigenvalue weighted by atomic mass is 16.3. The quantitative estimate of drug-likeness (QED) is 0.218. The normalized spacial score (nSPS) is 11.7. The van der Waals surface area contributed by atoms with E-state index in [0.717, 1.165) is 66.5 Å². The molecule has 0 aliphatic heterocycles. The fraction of sp³-hybridized carbons (Fsp3) is 0. The number of para-hydroxylation sites is 1. The second kappa shape index (κ2) is 9.37. The molecule has 0 unspecified atom stereocenters. The Balaban J connectivity index is 1.33. The van der Waals surface area contributed by atoms with Gasteiger partial charge < -0.3 is 13.7 Å². The van der Waals surface area contributed by atoms with Crippen molar-refractivity contribution < 1.29 is 8.83 Å². The van der Waals surface area contributed by atoms with Gasteiger partial charge in [-0.1, -0.05) is 91.0 Å². The minimum absolute atomic E-state index is 0.858. The molecule has 0 atom stereocenters. The zero-order valence-corrected chi connectivity index (χ0v) is 23.2. The average molecular weight is 552 g/mol.